The van der Waals surface area contributed by atoms with Gasteiger partial charge in [0.2, 0.25) is 29.5 Å². The zero-order valence-electron chi connectivity index (χ0n) is 41.7. The molecule has 7 rings (SSSR count). The maximum Gasteiger partial charge on any atom is 0.246 e. The molecule has 382 valence electrons. The van der Waals surface area contributed by atoms with E-state index in [-0.39, 0.29) is 56.0 Å². The summed E-state index contributed by atoms with van der Waals surface area (Å²) in [6.07, 6.45) is 3.20. The molecule has 3 aromatic carbocycles. The number of aryl methyl sites for hydroxylation is 3. The summed E-state index contributed by atoms with van der Waals surface area (Å²) in [4.78, 5) is 74.7. The Labute approximate surface area is 421 Å². The highest BCUT2D eigenvalue weighted by molar-refractivity contribution is 7.13. The number of carbonyl (C=O) groups is 5. The van der Waals surface area contributed by atoms with Crippen molar-refractivity contribution in [2.45, 2.75) is 167 Å². The summed E-state index contributed by atoms with van der Waals surface area (Å²) in [5, 5.41) is 31.4. The summed E-state index contributed by atoms with van der Waals surface area (Å²) < 4.78 is 6.30. The van der Waals surface area contributed by atoms with Crippen LogP contribution in [0.5, 0.6) is 0 Å². The van der Waals surface area contributed by atoms with Crippen molar-refractivity contribution in [1.29, 1.82) is 0 Å². The number of nitrogens with two attached hydrogens (primary N) is 2. The fraction of sp³-hybridized carbons (Fsp3) is 0.519. The van der Waals surface area contributed by atoms with E-state index < -0.39 is 60.0 Å². The van der Waals surface area contributed by atoms with Crippen molar-refractivity contribution in [3.8, 4) is 10.4 Å². The largest absolute Gasteiger partial charge is 0.391 e. The lowest BCUT2D eigenvalue weighted by Gasteiger charge is -2.35. The van der Waals surface area contributed by atoms with Gasteiger partial charge in [0, 0.05) is 38.4 Å². The number of anilines is 1. The molecule has 0 saturated carbocycles. The number of benzene rings is 3. The average molecular weight is 993 g/mol. The first-order chi connectivity index (χ1) is 33.9. The SMILES string of the molecule is Cc1ncsc1-c1ccc(CNC(=O)[C@@H]2C[C@@H](O)CN2C(=O)[C@@H](NC(=O)CCCCCc2ccc(CO[C@H](C)[C@H](CCC(N)=O)NC(O)[C@@H]3Cc4cccc5c4N3C(=O)[C@@H](N)CC5)cc2)C(C)(C)C)cc1. The zero-order chi connectivity index (χ0) is 51.0. The van der Waals surface area contributed by atoms with Gasteiger partial charge in [-0.3, -0.25) is 29.3 Å². The molecule has 16 nitrogen and oxygen atoms in total. The predicted molar refractivity (Wildman–Crippen MR) is 274 cm³/mol. The second kappa shape index (κ2) is 23.8. The third kappa shape index (κ3) is 13.5. The van der Waals surface area contributed by atoms with Crippen molar-refractivity contribution in [1.82, 2.24) is 25.8 Å². The second-order valence-electron chi connectivity index (χ2n) is 20.6. The molecule has 71 heavy (non-hydrogen) atoms. The highest BCUT2D eigenvalue weighted by atomic mass is 32.1. The van der Waals surface area contributed by atoms with Crippen LogP contribution in [0.15, 0.2) is 72.2 Å². The molecule has 5 amide bonds. The molecule has 0 bridgehead atoms. The van der Waals surface area contributed by atoms with Crippen LogP contribution in [0.1, 0.15) is 113 Å². The van der Waals surface area contributed by atoms with E-state index in [1.54, 1.807) is 16.2 Å². The van der Waals surface area contributed by atoms with Gasteiger partial charge in [-0.05, 0) is 97.6 Å². The number of para-hydroxylation sites is 1. The lowest BCUT2D eigenvalue weighted by Crippen LogP contribution is -2.58. The summed E-state index contributed by atoms with van der Waals surface area (Å²) in [6.45, 7) is 10.1. The number of nitrogens with one attached hydrogen (secondary N) is 3. The zero-order valence-corrected chi connectivity index (χ0v) is 42.5. The first kappa shape index (κ1) is 53.2. The summed E-state index contributed by atoms with van der Waals surface area (Å²) >= 11 is 1.58. The van der Waals surface area contributed by atoms with Crippen LogP contribution in [-0.2, 0) is 61.1 Å². The van der Waals surface area contributed by atoms with E-state index >= 15 is 0 Å². The van der Waals surface area contributed by atoms with Crippen LogP contribution in [0.2, 0.25) is 0 Å². The maximum atomic E-state index is 14.1. The van der Waals surface area contributed by atoms with Gasteiger partial charge < -0.3 is 46.9 Å². The van der Waals surface area contributed by atoms with Crippen LogP contribution in [0.4, 0.5) is 5.69 Å². The molecule has 4 heterocycles. The number of primary amides is 1. The lowest BCUT2D eigenvalue weighted by molar-refractivity contribution is -0.144. The Morgan fingerprint density at radius 3 is 2.35 bits per heavy atom. The normalized spacial score (nSPS) is 20.5. The first-order valence-corrected chi connectivity index (χ1v) is 25.9. The monoisotopic (exact) mass is 993 g/mol. The minimum Gasteiger partial charge on any atom is -0.391 e. The van der Waals surface area contributed by atoms with Gasteiger partial charge in [-0.15, -0.1) is 11.3 Å². The van der Waals surface area contributed by atoms with Gasteiger partial charge in [0.1, 0.15) is 18.3 Å². The number of hydrogen-bond donors (Lipinski definition) is 7. The predicted octanol–water partition coefficient (Wildman–Crippen LogP) is 4.71. The Morgan fingerprint density at radius 2 is 1.66 bits per heavy atom. The van der Waals surface area contributed by atoms with Gasteiger partial charge in [-0.1, -0.05) is 93.9 Å². The Balaban J connectivity index is 0.840. The Kier molecular flexibility index (Phi) is 17.8. The number of carbonyl (C=O) groups excluding carboxylic acids is 5. The van der Waals surface area contributed by atoms with Crippen molar-refractivity contribution in [3.05, 3.63) is 106 Å². The van der Waals surface area contributed by atoms with Crippen LogP contribution in [0.25, 0.3) is 10.4 Å². The Bertz CT molecular complexity index is 2490. The third-order valence-corrected chi connectivity index (χ3v) is 15.1. The summed E-state index contributed by atoms with van der Waals surface area (Å²) in [7, 11) is 0. The highest BCUT2D eigenvalue weighted by Gasteiger charge is 2.45. The molecular formula is C54H72N8O8S. The first-order valence-electron chi connectivity index (χ1n) is 25.0. The molecule has 1 fully saturated rings. The van der Waals surface area contributed by atoms with Crippen LogP contribution >= 0.6 is 11.3 Å². The third-order valence-electron chi connectivity index (χ3n) is 14.1. The number of aliphatic hydroxyl groups excluding tert-OH is 2. The number of β-amino-alcohol motifs (C(OH)–C–C–N with tert-alkyl or cyclic N) is 1. The molecule has 0 aliphatic carbocycles. The van der Waals surface area contributed by atoms with E-state index in [0.717, 1.165) is 68.9 Å². The van der Waals surface area contributed by atoms with Crippen molar-refractivity contribution >= 4 is 46.6 Å². The number of ether oxygens (including phenoxy) is 1. The van der Waals surface area contributed by atoms with E-state index in [0.29, 0.717) is 38.7 Å². The van der Waals surface area contributed by atoms with E-state index in [9.17, 15) is 34.2 Å². The van der Waals surface area contributed by atoms with Crippen LogP contribution < -0.4 is 32.3 Å². The minimum absolute atomic E-state index is 0.00831. The number of unbranched alkanes of at least 4 members (excludes halogenated alkanes) is 2. The molecular weight excluding hydrogens is 921 g/mol. The number of hydrogen-bond acceptors (Lipinski definition) is 12. The minimum atomic E-state index is -1.11. The fourth-order valence-electron chi connectivity index (χ4n) is 9.98. The topological polar surface area (TPSA) is 243 Å². The maximum absolute atomic E-state index is 14.1. The summed E-state index contributed by atoms with van der Waals surface area (Å²) in [6, 6.07) is 18.6. The van der Waals surface area contributed by atoms with Crippen molar-refractivity contribution in [2.24, 2.45) is 16.9 Å². The van der Waals surface area contributed by atoms with Gasteiger partial charge in [0.25, 0.3) is 0 Å². The molecule has 0 spiro atoms. The molecule has 1 unspecified atom stereocenters. The molecule has 9 N–H and O–H groups in total. The second-order valence-corrected chi connectivity index (χ2v) is 21.5. The van der Waals surface area contributed by atoms with E-state index in [4.69, 9.17) is 16.2 Å². The Hall–Kier alpha value is -5.56. The smallest absolute Gasteiger partial charge is 0.246 e. The molecule has 17 heteroatoms. The summed E-state index contributed by atoms with van der Waals surface area (Å²) in [5.74, 6) is -1.65. The number of amides is 5. The molecule has 0 radical (unpaired) electrons. The van der Waals surface area contributed by atoms with Crippen molar-refractivity contribution in [3.63, 3.8) is 0 Å². The molecule has 8 atom stereocenters. The molecule has 4 aromatic rings. The van der Waals surface area contributed by atoms with E-state index in [2.05, 4.69) is 33.1 Å². The van der Waals surface area contributed by atoms with Crippen LogP contribution in [0, 0.1) is 12.3 Å². The average Bonchev–Trinajstić information content (AvgIpc) is 4.06. The van der Waals surface area contributed by atoms with Gasteiger partial charge >= 0.3 is 0 Å². The van der Waals surface area contributed by atoms with Crippen molar-refractivity contribution in [2.75, 3.05) is 11.4 Å². The number of likely N-dealkylation sites (tertiary alicyclic amines) is 1. The van der Waals surface area contributed by atoms with Crippen LogP contribution in [-0.4, -0.2) is 105 Å². The van der Waals surface area contributed by atoms with E-state index in [1.807, 2.05) is 94.7 Å². The number of rotatable bonds is 22. The molecule has 3 aliphatic heterocycles. The summed E-state index contributed by atoms with van der Waals surface area (Å²) in [5.41, 5.74) is 20.9. The van der Waals surface area contributed by atoms with Gasteiger partial charge in [-0.25, -0.2) is 4.98 Å². The standard InChI is InChI=1S/C54H72N8O8S/c1-32-48(71-31-58-32)38-20-18-35(19-21-38)28-57-50(66)43-27-40(63)29-61(43)53(69)49(54(3,4)5)60-46(65)13-8-6-7-10-34-14-16-36(17-15-34)30-70-33(2)42(24-25-45(56)64)59-51(67)44-26-39-12-9-11-37-22-23-41(55)52(68)62(44)47(37)39/h9,11-12,14-21,31,33,40-44,49,51,59,63,67H,6-8,10,13,22-30,55H2,1-5H3,(H2,56,64)(H,57,66)(H,60,65)/t33-,40-,41+,42+,43+,44+,49-,51?/m1/s1. The van der Waals surface area contributed by atoms with Gasteiger partial charge in [0.15, 0.2) is 0 Å². The van der Waals surface area contributed by atoms with E-state index in [1.165, 1.54) is 4.90 Å². The lowest BCUT2D eigenvalue weighted by atomic mass is 9.85. The Morgan fingerprint density at radius 1 is 0.958 bits per heavy atom. The number of aromatic nitrogens is 1. The molecule has 3 aliphatic rings. The number of nitrogens with zero attached hydrogens (tertiary/aromatic N) is 3. The highest BCUT2D eigenvalue weighted by Crippen LogP contribution is 2.40. The molecule has 1 aromatic heterocycles. The number of thiazole rings is 1. The number of aliphatic hydroxyl groups is 2. The fourth-order valence-corrected chi connectivity index (χ4v) is 10.8. The van der Waals surface area contributed by atoms with Crippen LogP contribution in [0.3, 0.4) is 0 Å². The van der Waals surface area contributed by atoms with Gasteiger partial charge in [-0.2, -0.15) is 0 Å². The van der Waals surface area contributed by atoms with Crippen molar-refractivity contribution < 1.29 is 38.9 Å². The van der Waals surface area contributed by atoms with Gasteiger partial charge in [0.05, 0.1) is 52.7 Å². The molecule has 1 saturated heterocycles. The quantitative estimate of drug-likeness (QED) is 0.0420.